The summed E-state index contributed by atoms with van der Waals surface area (Å²) < 4.78 is 0. The molecule has 0 aliphatic carbocycles. The lowest BCUT2D eigenvalue weighted by Gasteiger charge is -2.22. The summed E-state index contributed by atoms with van der Waals surface area (Å²) in [6, 6.07) is 10.5. The van der Waals surface area contributed by atoms with Crippen LogP contribution in [0.25, 0.3) is 0 Å². The van der Waals surface area contributed by atoms with Crippen molar-refractivity contribution in [3.05, 3.63) is 64.1 Å². The third kappa shape index (κ3) is 3.58. The van der Waals surface area contributed by atoms with E-state index in [1.165, 1.54) is 12.3 Å². The predicted molar refractivity (Wildman–Crippen MR) is 83.4 cm³/mol. The molecule has 0 unspecified atom stereocenters. The van der Waals surface area contributed by atoms with Crippen molar-refractivity contribution < 1.29 is 4.79 Å². The van der Waals surface area contributed by atoms with Gasteiger partial charge in [0.2, 0.25) is 5.56 Å². The lowest BCUT2D eigenvalue weighted by atomic mass is 10.1. The van der Waals surface area contributed by atoms with E-state index < -0.39 is 0 Å². The zero-order valence-electron chi connectivity index (χ0n) is 12.0. The standard InChI is InChI=1S/C16H19N3O2/c1-2-9-19(14-5-3-12(11-17)4-6-14)16(21)13-7-8-18-15(20)10-13/h3-8,10H,2,9,11,17H2,1H3,(H,18,20). The highest BCUT2D eigenvalue weighted by Gasteiger charge is 2.17. The van der Waals surface area contributed by atoms with E-state index in [-0.39, 0.29) is 11.5 Å². The second-order valence-electron chi connectivity index (χ2n) is 4.77. The molecule has 5 nitrogen and oxygen atoms in total. The van der Waals surface area contributed by atoms with Crippen LogP contribution in [0.15, 0.2) is 47.4 Å². The van der Waals surface area contributed by atoms with Crippen LogP contribution in [0.5, 0.6) is 0 Å². The summed E-state index contributed by atoms with van der Waals surface area (Å²) in [5.74, 6) is -0.177. The molecule has 0 radical (unpaired) electrons. The number of hydrogen-bond donors (Lipinski definition) is 2. The van der Waals surface area contributed by atoms with Gasteiger partial charge in [-0.05, 0) is 30.2 Å². The third-order valence-corrected chi connectivity index (χ3v) is 3.20. The van der Waals surface area contributed by atoms with Crippen LogP contribution in [0.4, 0.5) is 5.69 Å². The van der Waals surface area contributed by atoms with Crippen molar-refractivity contribution >= 4 is 11.6 Å². The van der Waals surface area contributed by atoms with Crippen LogP contribution in [0.2, 0.25) is 0 Å². The Kier molecular flexibility index (Phi) is 4.90. The normalized spacial score (nSPS) is 10.4. The summed E-state index contributed by atoms with van der Waals surface area (Å²) in [5.41, 5.74) is 7.50. The molecule has 1 amide bonds. The maximum Gasteiger partial charge on any atom is 0.258 e. The van der Waals surface area contributed by atoms with Gasteiger partial charge in [0.15, 0.2) is 0 Å². The lowest BCUT2D eigenvalue weighted by molar-refractivity contribution is 0.0986. The van der Waals surface area contributed by atoms with Crippen molar-refractivity contribution in [3.8, 4) is 0 Å². The van der Waals surface area contributed by atoms with E-state index in [9.17, 15) is 9.59 Å². The fraction of sp³-hybridized carbons (Fsp3) is 0.250. The van der Waals surface area contributed by atoms with E-state index in [0.29, 0.717) is 18.7 Å². The van der Waals surface area contributed by atoms with Gasteiger partial charge in [0, 0.05) is 36.6 Å². The minimum atomic E-state index is -0.282. The molecule has 110 valence electrons. The summed E-state index contributed by atoms with van der Waals surface area (Å²) >= 11 is 0. The number of nitrogens with one attached hydrogen (secondary N) is 1. The van der Waals surface area contributed by atoms with Crippen LogP contribution in [0, 0.1) is 0 Å². The van der Waals surface area contributed by atoms with Gasteiger partial charge < -0.3 is 15.6 Å². The second kappa shape index (κ2) is 6.85. The predicted octanol–water partition coefficient (Wildman–Crippen LogP) is 1.89. The number of amides is 1. The van der Waals surface area contributed by atoms with E-state index in [1.807, 2.05) is 31.2 Å². The summed E-state index contributed by atoms with van der Waals surface area (Å²) in [4.78, 5) is 28.1. The number of carbonyl (C=O) groups excluding carboxylic acids is 1. The summed E-state index contributed by atoms with van der Waals surface area (Å²) in [5, 5.41) is 0. The Morgan fingerprint density at radius 1 is 1.24 bits per heavy atom. The van der Waals surface area contributed by atoms with E-state index in [1.54, 1.807) is 11.0 Å². The number of rotatable bonds is 5. The Labute approximate surface area is 123 Å². The number of aromatic nitrogens is 1. The molecule has 1 aromatic heterocycles. The Bertz CT molecular complexity index is 662. The van der Waals surface area contributed by atoms with Crippen LogP contribution in [0.3, 0.4) is 0 Å². The van der Waals surface area contributed by atoms with Crippen molar-refractivity contribution in [2.45, 2.75) is 19.9 Å². The first-order chi connectivity index (χ1) is 10.2. The van der Waals surface area contributed by atoms with Gasteiger partial charge in [-0.15, -0.1) is 0 Å². The number of anilines is 1. The van der Waals surface area contributed by atoms with Crippen molar-refractivity contribution in [1.29, 1.82) is 0 Å². The zero-order chi connectivity index (χ0) is 15.2. The fourth-order valence-corrected chi connectivity index (χ4v) is 2.12. The van der Waals surface area contributed by atoms with Crippen molar-refractivity contribution in [1.82, 2.24) is 4.98 Å². The van der Waals surface area contributed by atoms with Crippen LogP contribution in [0.1, 0.15) is 29.3 Å². The van der Waals surface area contributed by atoms with Gasteiger partial charge in [-0.3, -0.25) is 9.59 Å². The zero-order valence-corrected chi connectivity index (χ0v) is 12.0. The van der Waals surface area contributed by atoms with Crippen LogP contribution in [-0.4, -0.2) is 17.4 Å². The number of nitrogens with zero attached hydrogens (tertiary/aromatic N) is 1. The molecule has 1 heterocycles. The summed E-state index contributed by atoms with van der Waals surface area (Å²) in [7, 11) is 0. The number of nitrogens with two attached hydrogens (primary N) is 1. The summed E-state index contributed by atoms with van der Waals surface area (Å²) in [6.45, 7) is 3.07. The molecular weight excluding hydrogens is 266 g/mol. The molecule has 0 atom stereocenters. The lowest BCUT2D eigenvalue weighted by Crippen LogP contribution is -2.32. The Hall–Kier alpha value is -2.40. The molecule has 0 spiro atoms. The molecule has 2 aromatic rings. The van der Waals surface area contributed by atoms with Gasteiger partial charge >= 0.3 is 0 Å². The van der Waals surface area contributed by atoms with E-state index >= 15 is 0 Å². The summed E-state index contributed by atoms with van der Waals surface area (Å²) in [6.07, 6.45) is 2.31. The smallest absolute Gasteiger partial charge is 0.258 e. The molecule has 1 aromatic carbocycles. The Balaban J connectivity index is 2.33. The Morgan fingerprint density at radius 2 is 1.95 bits per heavy atom. The van der Waals surface area contributed by atoms with Crippen LogP contribution >= 0.6 is 0 Å². The highest BCUT2D eigenvalue weighted by Crippen LogP contribution is 2.18. The maximum atomic E-state index is 12.6. The largest absolute Gasteiger partial charge is 0.329 e. The molecule has 21 heavy (non-hydrogen) atoms. The number of pyridine rings is 1. The van der Waals surface area contributed by atoms with Crippen molar-refractivity contribution in [2.75, 3.05) is 11.4 Å². The molecule has 0 aliphatic heterocycles. The van der Waals surface area contributed by atoms with Gasteiger partial charge in [-0.1, -0.05) is 19.1 Å². The molecule has 0 saturated carbocycles. The number of aromatic amines is 1. The molecule has 3 N–H and O–H groups in total. The number of benzene rings is 1. The molecule has 0 aliphatic rings. The maximum absolute atomic E-state index is 12.6. The van der Waals surface area contributed by atoms with Gasteiger partial charge in [0.25, 0.3) is 5.91 Å². The Morgan fingerprint density at radius 3 is 2.52 bits per heavy atom. The van der Waals surface area contributed by atoms with Crippen LogP contribution in [-0.2, 0) is 6.54 Å². The average Bonchev–Trinajstić information content (AvgIpc) is 2.52. The quantitative estimate of drug-likeness (QED) is 0.880. The number of carbonyl (C=O) groups is 1. The van der Waals surface area contributed by atoms with Crippen molar-refractivity contribution in [3.63, 3.8) is 0 Å². The van der Waals surface area contributed by atoms with Gasteiger partial charge in [-0.25, -0.2) is 0 Å². The minimum absolute atomic E-state index is 0.177. The van der Waals surface area contributed by atoms with E-state index in [4.69, 9.17) is 5.73 Å². The van der Waals surface area contributed by atoms with Gasteiger partial charge in [-0.2, -0.15) is 0 Å². The molecule has 2 rings (SSSR count). The van der Waals surface area contributed by atoms with Crippen molar-refractivity contribution in [2.24, 2.45) is 5.73 Å². The fourth-order valence-electron chi connectivity index (χ4n) is 2.12. The van der Waals surface area contributed by atoms with Gasteiger partial charge in [0.05, 0.1) is 0 Å². The SMILES string of the molecule is CCCN(C(=O)c1cc[nH]c(=O)c1)c1ccc(CN)cc1. The molecule has 0 bridgehead atoms. The average molecular weight is 285 g/mol. The minimum Gasteiger partial charge on any atom is -0.329 e. The second-order valence-corrected chi connectivity index (χ2v) is 4.77. The first kappa shape index (κ1) is 15.0. The monoisotopic (exact) mass is 285 g/mol. The van der Waals surface area contributed by atoms with E-state index in [2.05, 4.69) is 4.98 Å². The highest BCUT2D eigenvalue weighted by atomic mass is 16.2. The molecule has 5 heteroatoms. The first-order valence-electron chi connectivity index (χ1n) is 6.95. The molecule has 0 saturated heterocycles. The van der Waals surface area contributed by atoms with Gasteiger partial charge in [0.1, 0.15) is 0 Å². The number of hydrogen-bond acceptors (Lipinski definition) is 3. The van der Waals surface area contributed by atoms with Crippen LogP contribution < -0.4 is 16.2 Å². The first-order valence-corrected chi connectivity index (χ1v) is 6.95. The topological polar surface area (TPSA) is 79.2 Å². The molecule has 0 fully saturated rings. The highest BCUT2D eigenvalue weighted by molar-refractivity contribution is 6.05. The third-order valence-electron chi connectivity index (χ3n) is 3.20. The van der Waals surface area contributed by atoms with E-state index in [0.717, 1.165) is 17.7 Å². The molecular formula is C16H19N3O2. The number of H-pyrrole nitrogens is 1.